The highest BCUT2D eigenvalue weighted by atomic mass is 32.2. The van der Waals surface area contributed by atoms with Crippen molar-refractivity contribution in [3.63, 3.8) is 0 Å². The van der Waals surface area contributed by atoms with E-state index in [1.807, 2.05) is 17.8 Å². The molecule has 6 heteroatoms. The van der Waals surface area contributed by atoms with Crippen molar-refractivity contribution in [3.8, 4) is 11.5 Å². The van der Waals surface area contributed by atoms with Crippen LogP contribution < -0.4 is 9.47 Å². The van der Waals surface area contributed by atoms with Crippen molar-refractivity contribution < 1.29 is 9.47 Å². The van der Waals surface area contributed by atoms with E-state index in [2.05, 4.69) is 21.9 Å². The Bertz CT molecular complexity index is 591. The molecular weight excluding hydrogens is 352 g/mol. The number of thiocarbonyl (C=S) groups is 1. The zero-order chi connectivity index (χ0) is 17.6. The summed E-state index contributed by atoms with van der Waals surface area (Å²) in [5, 5.41) is 0. The van der Waals surface area contributed by atoms with Crippen LogP contribution in [0, 0.1) is 0 Å². The molecule has 0 radical (unpaired) electrons. The van der Waals surface area contributed by atoms with Gasteiger partial charge in [0.25, 0.3) is 0 Å². The summed E-state index contributed by atoms with van der Waals surface area (Å²) in [7, 11) is 3.35. The second-order valence-corrected chi connectivity index (χ2v) is 8.34. The molecule has 0 amide bonds. The Labute approximate surface area is 160 Å². The van der Waals surface area contributed by atoms with Gasteiger partial charge in [-0.2, -0.15) is 0 Å². The zero-order valence-electron chi connectivity index (χ0n) is 15.2. The van der Waals surface area contributed by atoms with Crippen LogP contribution in [0.4, 0.5) is 0 Å². The highest BCUT2D eigenvalue weighted by Crippen LogP contribution is 2.30. The van der Waals surface area contributed by atoms with Crippen molar-refractivity contribution in [1.29, 1.82) is 0 Å². The summed E-state index contributed by atoms with van der Waals surface area (Å²) < 4.78 is 11.8. The molecular formula is C19H28N2O2S2. The molecule has 1 aromatic carbocycles. The van der Waals surface area contributed by atoms with E-state index in [0.29, 0.717) is 0 Å². The van der Waals surface area contributed by atoms with E-state index in [1.54, 1.807) is 14.2 Å². The van der Waals surface area contributed by atoms with Gasteiger partial charge in [-0.3, -0.25) is 4.90 Å². The predicted octanol–water partition coefficient (Wildman–Crippen LogP) is 4.13. The van der Waals surface area contributed by atoms with Crippen LogP contribution in [0.15, 0.2) is 18.2 Å². The lowest BCUT2D eigenvalue weighted by molar-refractivity contribution is 0.128. The molecule has 0 N–H and O–H groups in total. The van der Waals surface area contributed by atoms with Crippen molar-refractivity contribution in [2.45, 2.75) is 44.6 Å². The van der Waals surface area contributed by atoms with Crippen LogP contribution in [-0.2, 0) is 6.42 Å². The normalized spacial score (nSPS) is 19.9. The predicted molar refractivity (Wildman–Crippen MR) is 109 cm³/mol. The van der Waals surface area contributed by atoms with Crippen LogP contribution in [0.5, 0.6) is 11.5 Å². The monoisotopic (exact) mass is 380 g/mol. The first-order valence-corrected chi connectivity index (χ1v) is 10.5. The number of rotatable bonds is 6. The summed E-state index contributed by atoms with van der Waals surface area (Å²) in [4.78, 5) is 4.98. The van der Waals surface area contributed by atoms with E-state index in [1.165, 1.54) is 37.7 Å². The molecule has 1 saturated carbocycles. The third-order valence-corrected chi connectivity index (χ3v) is 6.75. The molecule has 1 aliphatic carbocycles. The average molecular weight is 381 g/mol. The van der Waals surface area contributed by atoms with Gasteiger partial charge >= 0.3 is 0 Å². The van der Waals surface area contributed by atoms with Crippen molar-refractivity contribution in [3.05, 3.63) is 23.8 Å². The number of thioether (sulfide) groups is 1. The molecule has 4 nitrogen and oxygen atoms in total. The first-order chi connectivity index (χ1) is 12.2. The Morgan fingerprint density at radius 1 is 1.12 bits per heavy atom. The van der Waals surface area contributed by atoms with Crippen LogP contribution in [-0.4, -0.2) is 53.5 Å². The minimum atomic E-state index is 0.743. The zero-order valence-corrected chi connectivity index (χ0v) is 16.8. The van der Waals surface area contributed by atoms with E-state index < -0.39 is 0 Å². The second kappa shape index (κ2) is 9.10. The number of methoxy groups -OCH3 is 2. The third kappa shape index (κ3) is 4.80. The fraction of sp³-hybridized carbons (Fsp3) is 0.632. The van der Waals surface area contributed by atoms with Gasteiger partial charge in [-0.05, 0) is 37.0 Å². The van der Waals surface area contributed by atoms with Gasteiger partial charge in [0.1, 0.15) is 4.32 Å². The fourth-order valence-corrected chi connectivity index (χ4v) is 4.88. The molecule has 0 atom stereocenters. The average Bonchev–Trinajstić information content (AvgIpc) is 2.67. The van der Waals surface area contributed by atoms with Gasteiger partial charge in [-0.1, -0.05) is 49.3 Å². The van der Waals surface area contributed by atoms with E-state index >= 15 is 0 Å². The van der Waals surface area contributed by atoms with Gasteiger partial charge in [0.2, 0.25) is 0 Å². The molecule has 0 unspecified atom stereocenters. The summed E-state index contributed by atoms with van der Waals surface area (Å²) in [6.45, 7) is 1.92. The SMILES string of the molecule is COc1ccc(CCN2CN(C3CCCCC3)CSC2=S)cc1OC. The quantitative estimate of drug-likeness (QED) is 0.688. The summed E-state index contributed by atoms with van der Waals surface area (Å²) in [5.41, 5.74) is 1.25. The summed E-state index contributed by atoms with van der Waals surface area (Å²) in [6.07, 6.45) is 7.80. The van der Waals surface area contributed by atoms with E-state index in [-0.39, 0.29) is 0 Å². The number of hydrogen-bond donors (Lipinski definition) is 0. The second-order valence-electron chi connectivity index (χ2n) is 6.76. The van der Waals surface area contributed by atoms with Gasteiger partial charge in [0.05, 0.1) is 26.8 Å². The minimum Gasteiger partial charge on any atom is -0.493 e. The molecule has 0 aromatic heterocycles. The van der Waals surface area contributed by atoms with Crippen molar-refractivity contribution in [2.24, 2.45) is 0 Å². The third-order valence-electron chi connectivity index (χ3n) is 5.17. The maximum Gasteiger partial charge on any atom is 0.160 e. The first kappa shape index (κ1) is 18.8. The van der Waals surface area contributed by atoms with Gasteiger partial charge in [-0.15, -0.1) is 0 Å². The Morgan fingerprint density at radius 3 is 2.60 bits per heavy atom. The van der Waals surface area contributed by atoms with E-state index in [0.717, 1.165) is 47.4 Å². The smallest absolute Gasteiger partial charge is 0.160 e. The lowest BCUT2D eigenvalue weighted by Gasteiger charge is -2.42. The lowest BCUT2D eigenvalue weighted by atomic mass is 9.95. The van der Waals surface area contributed by atoms with Gasteiger partial charge in [0.15, 0.2) is 11.5 Å². The highest BCUT2D eigenvalue weighted by molar-refractivity contribution is 8.22. The number of nitrogens with zero attached hydrogens (tertiary/aromatic N) is 2. The summed E-state index contributed by atoms with van der Waals surface area (Å²) in [5.74, 6) is 2.62. The molecule has 3 rings (SSSR count). The minimum absolute atomic E-state index is 0.743. The molecule has 1 aromatic rings. The number of hydrogen-bond acceptors (Lipinski definition) is 5. The molecule has 0 spiro atoms. The van der Waals surface area contributed by atoms with Crippen molar-refractivity contribution in [2.75, 3.05) is 33.3 Å². The maximum absolute atomic E-state index is 5.60. The Kier molecular flexibility index (Phi) is 6.84. The molecule has 2 fully saturated rings. The topological polar surface area (TPSA) is 24.9 Å². The van der Waals surface area contributed by atoms with Gasteiger partial charge in [0, 0.05) is 12.6 Å². The van der Waals surface area contributed by atoms with Crippen LogP contribution >= 0.6 is 24.0 Å². The fourth-order valence-electron chi connectivity index (χ4n) is 3.68. The van der Waals surface area contributed by atoms with Crippen LogP contribution in [0.3, 0.4) is 0 Å². The van der Waals surface area contributed by atoms with Crippen molar-refractivity contribution >= 4 is 28.3 Å². The lowest BCUT2D eigenvalue weighted by Crippen LogP contribution is -2.50. The maximum atomic E-state index is 5.60. The van der Waals surface area contributed by atoms with E-state index in [9.17, 15) is 0 Å². The summed E-state index contributed by atoms with van der Waals surface area (Å²) >= 11 is 7.42. The number of benzene rings is 1. The van der Waals surface area contributed by atoms with E-state index in [4.69, 9.17) is 21.7 Å². The molecule has 1 saturated heterocycles. The Morgan fingerprint density at radius 2 is 1.88 bits per heavy atom. The summed E-state index contributed by atoms with van der Waals surface area (Å²) in [6, 6.07) is 6.90. The molecule has 25 heavy (non-hydrogen) atoms. The highest BCUT2D eigenvalue weighted by Gasteiger charge is 2.28. The van der Waals surface area contributed by atoms with Crippen LogP contribution in [0.25, 0.3) is 0 Å². The number of ether oxygens (including phenoxy) is 2. The molecule has 0 bridgehead atoms. The Hall–Kier alpha value is -0.980. The Balaban J connectivity index is 1.58. The van der Waals surface area contributed by atoms with Gasteiger partial charge in [-0.25, -0.2) is 0 Å². The molecule has 2 aliphatic rings. The largest absolute Gasteiger partial charge is 0.493 e. The molecule has 1 aliphatic heterocycles. The van der Waals surface area contributed by atoms with Crippen LogP contribution in [0.1, 0.15) is 37.7 Å². The van der Waals surface area contributed by atoms with Crippen LogP contribution in [0.2, 0.25) is 0 Å². The van der Waals surface area contributed by atoms with Gasteiger partial charge < -0.3 is 14.4 Å². The standard InChI is InChI=1S/C19H28N2O2S2/c1-22-17-9-8-15(12-18(17)23-2)10-11-20-13-21(14-25-19(20)24)16-6-4-3-5-7-16/h8-9,12,16H,3-7,10-11,13-14H2,1-2H3. The molecule has 138 valence electrons. The van der Waals surface area contributed by atoms with Crippen molar-refractivity contribution in [1.82, 2.24) is 9.80 Å². The first-order valence-electron chi connectivity index (χ1n) is 9.08. The molecule has 1 heterocycles.